The zero-order valence-corrected chi connectivity index (χ0v) is 15.1. The molecule has 0 saturated carbocycles. The number of nitrogens with zero attached hydrogens (tertiary/aromatic N) is 3. The van der Waals surface area contributed by atoms with Crippen molar-refractivity contribution in [2.75, 3.05) is 13.1 Å². The second-order valence-electron chi connectivity index (χ2n) is 6.70. The van der Waals surface area contributed by atoms with E-state index in [2.05, 4.69) is 32.0 Å². The van der Waals surface area contributed by atoms with Gasteiger partial charge in [0.25, 0.3) is 0 Å². The lowest BCUT2D eigenvalue weighted by Crippen LogP contribution is -2.52. The lowest BCUT2D eigenvalue weighted by atomic mass is 9.99. The van der Waals surface area contributed by atoms with Crippen molar-refractivity contribution in [3.05, 3.63) is 84.7 Å². The van der Waals surface area contributed by atoms with Crippen molar-refractivity contribution >= 4 is 0 Å². The third-order valence-electron chi connectivity index (χ3n) is 4.82. The predicted molar refractivity (Wildman–Crippen MR) is 102 cm³/mol. The van der Waals surface area contributed by atoms with E-state index in [4.69, 9.17) is 9.47 Å². The van der Waals surface area contributed by atoms with Crippen LogP contribution in [0.15, 0.2) is 73.6 Å². The molecule has 1 aliphatic rings. The van der Waals surface area contributed by atoms with Gasteiger partial charge in [-0.25, -0.2) is 4.98 Å². The van der Waals surface area contributed by atoms with Crippen molar-refractivity contribution in [1.82, 2.24) is 19.9 Å². The van der Waals surface area contributed by atoms with Crippen LogP contribution >= 0.6 is 0 Å². The molecule has 0 spiro atoms. The summed E-state index contributed by atoms with van der Waals surface area (Å²) < 4.78 is 14.6. The Morgan fingerprint density at radius 2 is 1.63 bits per heavy atom. The molecule has 4 rings (SSSR count). The normalized spacial score (nSPS) is 22.6. The molecule has 3 unspecified atom stereocenters. The molecule has 1 fully saturated rings. The van der Waals surface area contributed by atoms with E-state index in [1.165, 1.54) is 5.56 Å². The van der Waals surface area contributed by atoms with E-state index in [9.17, 15) is 0 Å². The summed E-state index contributed by atoms with van der Waals surface area (Å²) in [6.45, 7) is 2.65. The summed E-state index contributed by atoms with van der Waals surface area (Å²) in [6.07, 6.45) is 9.21. The van der Waals surface area contributed by atoms with E-state index in [0.29, 0.717) is 13.2 Å². The highest BCUT2D eigenvalue weighted by Gasteiger charge is 2.36. The average molecular weight is 364 g/mol. The maximum atomic E-state index is 6.28. The molecule has 1 saturated heterocycles. The number of pyridine rings is 1. The van der Waals surface area contributed by atoms with E-state index in [-0.39, 0.29) is 18.2 Å². The van der Waals surface area contributed by atoms with Crippen molar-refractivity contribution in [2.45, 2.75) is 31.5 Å². The van der Waals surface area contributed by atoms with E-state index < -0.39 is 0 Å². The highest BCUT2D eigenvalue weighted by Crippen LogP contribution is 2.26. The van der Waals surface area contributed by atoms with Crippen LogP contribution in [-0.2, 0) is 22.7 Å². The third-order valence-corrected chi connectivity index (χ3v) is 4.82. The van der Waals surface area contributed by atoms with Gasteiger partial charge in [-0.15, -0.1) is 0 Å². The molecule has 27 heavy (non-hydrogen) atoms. The third kappa shape index (κ3) is 4.60. The molecule has 0 aliphatic carbocycles. The SMILES string of the molecule is c1ccc(COC2CNCC(OCc3cccnc3)C2n2ccnc2)cc1. The molecule has 1 aromatic carbocycles. The van der Waals surface area contributed by atoms with Gasteiger partial charge in [0.1, 0.15) is 0 Å². The van der Waals surface area contributed by atoms with E-state index in [0.717, 1.165) is 18.7 Å². The first-order valence-corrected chi connectivity index (χ1v) is 9.24. The van der Waals surface area contributed by atoms with Crippen LogP contribution in [0, 0.1) is 0 Å². The topological polar surface area (TPSA) is 61.2 Å². The van der Waals surface area contributed by atoms with Gasteiger partial charge in [0.05, 0.1) is 37.8 Å². The molecule has 2 aromatic heterocycles. The number of hydrogen-bond donors (Lipinski definition) is 1. The van der Waals surface area contributed by atoms with Gasteiger partial charge in [0.15, 0.2) is 0 Å². The van der Waals surface area contributed by atoms with Crippen molar-refractivity contribution in [1.29, 1.82) is 0 Å². The van der Waals surface area contributed by atoms with Gasteiger partial charge in [-0.05, 0) is 17.2 Å². The first-order valence-electron chi connectivity index (χ1n) is 9.24. The molecular formula is C21H24N4O2. The Balaban J connectivity index is 1.46. The first-order chi connectivity index (χ1) is 13.4. The zero-order chi connectivity index (χ0) is 18.3. The number of imidazole rings is 1. The highest BCUT2D eigenvalue weighted by molar-refractivity contribution is 5.13. The van der Waals surface area contributed by atoms with Crippen LogP contribution < -0.4 is 5.32 Å². The minimum Gasteiger partial charge on any atom is -0.370 e. The van der Waals surface area contributed by atoms with Gasteiger partial charge in [0, 0.05) is 37.9 Å². The van der Waals surface area contributed by atoms with Gasteiger partial charge in [-0.2, -0.15) is 0 Å². The van der Waals surface area contributed by atoms with Crippen molar-refractivity contribution in [2.24, 2.45) is 0 Å². The summed E-state index contributed by atoms with van der Waals surface area (Å²) in [6, 6.07) is 14.3. The monoisotopic (exact) mass is 364 g/mol. The Morgan fingerprint density at radius 1 is 0.889 bits per heavy atom. The summed E-state index contributed by atoms with van der Waals surface area (Å²) in [5, 5.41) is 3.45. The molecule has 140 valence electrons. The Labute approximate surface area is 159 Å². The number of benzene rings is 1. The van der Waals surface area contributed by atoms with Crippen molar-refractivity contribution in [3.63, 3.8) is 0 Å². The summed E-state index contributed by atoms with van der Waals surface area (Å²) in [4.78, 5) is 8.38. The molecule has 3 atom stereocenters. The number of piperidine rings is 1. The summed E-state index contributed by atoms with van der Waals surface area (Å²) in [5.74, 6) is 0. The van der Waals surface area contributed by atoms with E-state index in [1.54, 1.807) is 12.4 Å². The number of ether oxygens (including phenoxy) is 2. The Hall–Kier alpha value is -2.54. The predicted octanol–water partition coefficient (Wildman–Crippen LogP) is 2.59. The standard InChI is InChI=1S/C21H24N4O2/c1-2-5-17(6-3-1)14-26-19-12-24-13-20(21(19)25-10-9-23-16-25)27-15-18-7-4-8-22-11-18/h1-11,16,19-21,24H,12-15H2. The number of rotatable bonds is 7. The maximum absolute atomic E-state index is 6.28. The second-order valence-corrected chi connectivity index (χ2v) is 6.70. The Bertz CT molecular complexity index is 744. The first kappa shape index (κ1) is 17.9. The molecule has 0 bridgehead atoms. The van der Waals surface area contributed by atoms with E-state index >= 15 is 0 Å². The van der Waals surface area contributed by atoms with Crippen LogP contribution in [0.2, 0.25) is 0 Å². The summed E-state index contributed by atoms with van der Waals surface area (Å²) >= 11 is 0. The zero-order valence-electron chi connectivity index (χ0n) is 15.1. The molecule has 0 radical (unpaired) electrons. The number of hydrogen-bond acceptors (Lipinski definition) is 5. The minimum atomic E-state index is -0.0195. The molecule has 1 N–H and O–H groups in total. The maximum Gasteiger partial charge on any atom is 0.0950 e. The van der Waals surface area contributed by atoms with Gasteiger partial charge >= 0.3 is 0 Å². The number of nitrogens with one attached hydrogen (secondary N) is 1. The molecule has 3 heterocycles. The van der Waals surface area contributed by atoms with Crippen LogP contribution in [-0.4, -0.2) is 39.8 Å². The average Bonchev–Trinajstić information content (AvgIpc) is 3.26. The van der Waals surface area contributed by atoms with Crippen LogP contribution in [0.5, 0.6) is 0 Å². The highest BCUT2D eigenvalue weighted by atomic mass is 16.5. The summed E-state index contributed by atoms with van der Waals surface area (Å²) in [7, 11) is 0. The molecule has 1 aliphatic heterocycles. The smallest absolute Gasteiger partial charge is 0.0950 e. The van der Waals surface area contributed by atoms with Gasteiger partial charge in [0.2, 0.25) is 0 Å². The van der Waals surface area contributed by atoms with Gasteiger partial charge in [-0.3, -0.25) is 4.98 Å². The summed E-state index contributed by atoms with van der Waals surface area (Å²) in [5.41, 5.74) is 2.23. The largest absolute Gasteiger partial charge is 0.370 e. The van der Waals surface area contributed by atoms with Crippen molar-refractivity contribution in [3.8, 4) is 0 Å². The van der Waals surface area contributed by atoms with Gasteiger partial charge in [-0.1, -0.05) is 36.4 Å². The van der Waals surface area contributed by atoms with E-state index in [1.807, 2.05) is 49.1 Å². The number of aromatic nitrogens is 3. The lowest BCUT2D eigenvalue weighted by Gasteiger charge is -2.39. The molecule has 0 amide bonds. The quantitative estimate of drug-likeness (QED) is 0.698. The Kier molecular flexibility index (Phi) is 5.89. The minimum absolute atomic E-state index is 0.00736. The second kappa shape index (κ2) is 8.90. The molecule has 3 aromatic rings. The van der Waals surface area contributed by atoms with Crippen LogP contribution in [0.1, 0.15) is 17.2 Å². The van der Waals surface area contributed by atoms with Crippen LogP contribution in [0.3, 0.4) is 0 Å². The molecule has 6 nitrogen and oxygen atoms in total. The fraction of sp³-hybridized carbons (Fsp3) is 0.333. The fourth-order valence-corrected chi connectivity index (χ4v) is 3.46. The lowest BCUT2D eigenvalue weighted by molar-refractivity contribution is -0.0859. The van der Waals surface area contributed by atoms with Crippen LogP contribution in [0.4, 0.5) is 0 Å². The van der Waals surface area contributed by atoms with Crippen LogP contribution in [0.25, 0.3) is 0 Å². The molecular weight excluding hydrogens is 340 g/mol. The van der Waals surface area contributed by atoms with Gasteiger partial charge < -0.3 is 19.4 Å². The van der Waals surface area contributed by atoms with Crippen molar-refractivity contribution < 1.29 is 9.47 Å². The Morgan fingerprint density at radius 3 is 2.30 bits per heavy atom. The molecule has 6 heteroatoms. The fourth-order valence-electron chi connectivity index (χ4n) is 3.46.